The van der Waals surface area contributed by atoms with E-state index in [1.54, 1.807) is 0 Å². The maximum absolute atomic E-state index is 14.2. The smallest absolute Gasteiger partial charge is 0.320 e. The van der Waals surface area contributed by atoms with Crippen molar-refractivity contribution in [2.45, 2.75) is 24.9 Å². The van der Waals surface area contributed by atoms with Crippen molar-refractivity contribution in [3.05, 3.63) is 27.4 Å². The van der Waals surface area contributed by atoms with Crippen molar-refractivity contribution < 1.29 is 28.0 Å². The first kappa shape index (κ1) is 15.5. The number of aromatic nitrogens is 2. The molecule has 0 aliphatic carbocycles. The van der Waals surface area contributed by atoms with Crippen LogP contribution in [0.5, 0.6) is 0 Å². The van der Waals surface area contributed by atoms with Gasteiger partial charge in [-0.2, -0.15) is 0 Å². The highest BCUT2D eigenvalue weighted by Crippen LogP contribution is 2.43. The Morgan fingerprint density at radius 1 is 1.70 bits per heavy atom. The van der Waals surface area contributed by atoms with E-state index < -0.39 is 26.5 Å². The number of H-pyrrole nitrogens is 1. The van der Waals surface area contributed by atoms with Crippen molar-refractivity contribution in [1.82, 2.24) is 9.55 Å². The summed E-state index contributed by atoms with van der Waals surface area (Å²) in [5, 5.41) is 0. The van der Waals surface area contributed by atoms with Crippen LogP contribution in [0.4, 0.5) is 4.39 Å². The fourth-order valence-electron chi connectivity index (χ4n) is 1.84. The number of nitrogens with zero attached hydrogens (tertiary/aromatic N) is 1. The number of alkyl halides is 1. The van der Waals surface area contributed by atoms with Crippen LogP contribution in [-0.4, -0.2) is 31.8 Å². The molecule has 20 heavy (non-hydrogen) atoms. The number of hydrogen-bond acceptors (Lipinski definition) is 5. The second-order valence-electron chi connectivity index (χ2n) is 4.28. The molecule has 1 aromatic rings. The average molecular weight is 326 g/mol. The summed E-state index contributed by atoms with van der Waals surface area (Å²) in [6.45, 7) is -0.884. The van der Waals surface area contributed by atoms with Crippen LogP contribution in [0.25, 0.3) is 0 Å². The zero-order valence-corrected chi connectivity index (χ0v) is 11.8. The highest BCUT2D eigenvalue weighted by molar-refractivity contribution is 7.71. The van der Waals surface area contributed by atoms with Crippen molar-refractivity contribution in [2.75, 3.05) is 6.61 Å². The second-order valence-corrected chi connectivity index (χ2v) is 5.90. The SMILES string of the molecule is O=c1ccn([C@H]2CC[C@@](F)(COP(=O)(O)O)O2)c(=S)[nH]1. The number of rotatable bonds is 4. The fraction of sp³-hybridized carbons (Fsp3) is 0.556. The Labute approximate surface area is 117 Å². The molecule has 1 aromatic heterocycles. The van der Waals surface area contributed by atoms with Crippen LogP contribution in [0.3, 0.4) is 0 Å². The summed E-state index contributed by atoms with van der Waals surface area (Å²) in [7, 11) is -4.76. The van der Waals surface area contributed by atoms with Gasteiger partial charge in [-0.1, -0.05) is 0 Å². The van der Waals surface area contributed by atoms with E-state index in [0.29, 0.717) is 0 Å². The monoisotopic (exact) mass is 326 g/mol. The molecule has 0 spiro atoms. The van der Waals surface area contributed by atoms with E-state index in [2.05, 4.69) is 9.51 Å². The van der Waals surface area contributed by atoms with Gasteiger partial charge in [0.2, 0.25) is 5.85 Å². The van der Waals surface area contributed by atoms with Crippen molar-refractivity contribution in [3.63, 3.8) is 0 Å². The predicted molar refractivity (Wildman–Crippen MR) is 67.1 cm³/mol. The molecule has 0 amide bonds. The number of phosphoric ester groups is 1. The van der Waals surface area contributed by atoms with E-state index >= 15 is 0 Å². The summed E-state index contributed by atoms with van der Waals surface area (Å²) in [6, 6.07) is 1.21. The number of phosphoric acid groups is 1. The Morgan fingerprint density at radius 2 is 2.40 bits per heavy atom. The van der Waals surface area contributed by atoms with Gasteiger partial charge in [-0.3, -0.25) is 18.9 Å². The molecule has 2 rings (SSSR count). The normalized spacial score (nSPS) is 26.9. The lowest BCUT2D eigenvalue weighted by Gasteiger charge is -2.21. The first-order valence-electron chi connectivity index (χ1n) is 5.57. The number of ether oxygens (including phenoxy) is 1. The Hall–Kier alpha value is -0.900. The first-order chi connectivity index (χ1) is 9.19. The number of nitrogens with one attached hydrogen (secondary N) is 1. The van der Waals surface area contributed by atoms with Gasteiger partial charge in [-0.05, 0) is 18.6 Å². The molecule has 1 aliphatic rings. The van der Waals surface area contributed by atoms with Crippen molar-refractivity contribution in [1.29, 1.82) is 0 Å². The standard InChI is InChI=1S/C9H12FN2O6PS/c10-9(5-17-19(14,15)16)3-1-7(18-9)12-4-2-6(13)11-8(12)20/h2,4,7H,1,3,5H2,(H,11,13,20)(H2,14,15,16)/t7-,9+/m1/s1. The van der Waals surface area contributed by atoms with Crippen molar-refractivity contribution in [3.8, 4) is 0 Å². The molecule has 2 heterocycles. The average Bonchev–Trinajstić information content (AvgIpc) is 2.69. The van der Waals surface area contributed by atoms with E-state index in [9.17, 15) is 13.8 Å². The number of halogens is 1. The highest BCUT2D eigenvalue weighted by atomic mass is 32.1. The Morgan fingerprint density at radius 3 is 3.00 bits per heavy atom. The summed E-state index contributed by atoms with van der Waals surface area (Å²) >= 11 is 4.92. The Bertz CT molecular complexity index is 656. The molecule has 11 heteroatoms. The molecule has 1 fully saturated rings. The van der Waals surface area contributed by atoms with Crippen LogP contribution < -0.4 is 5.56 Å². The van der Waals surface area contributed by atoms with Gasteiger partial charge in [-0.25, -0.2) is 8.96 Å². The van der Waals surface area contributed by atoms with Crippen LogP contribution in [0.2, 0.25) is 0 Å². The summed E-state index contributed by atoms with van der Waals surface area (Å²) in [6.07, 6.45) is 0.700. The minimum absolute atomic E-state index is 0.0719. The minimum Gasteiger partial charge on any atom is -0.320 e. The summed E-state index contributed by atoms with van der Waals surface area (Å²) in [5.74, 6) is -2.31. The van der Waals surface area contributed by atoms with Gasteiger partial charge in [-0.15, -0.1) is 0 Å². The van der Waals surface area contributed by atoms with Crippen molar-refractivity contribution in [2.24, 2.45) is 0 Å². The van der Waals surface area contributed by atoms with Gasteiger partial charge >= 0.3 is 7.82 Å². The van der Waals surface area contributed by atoms with E-state index in [4.69, 9.17) is 26.7 Å². The van der Waals surface area contributed by atoms with Crippen LogP contribution in [0, 0.1) is 4.77 Å². The lowest BCUT2D eigenvalue weighted by Crippen LogP contribution is -2.29. The van der Waals surface area contributed by atoms with Crippen LogP contribution in [0.1, 0.15) is 19.1 Å². The second kappa shape index (κ2) is 5.47. The van der Waals surface area contributed by atoms with Gasteiger partial charge in [0.05, 0.1) is 0 Å². The van der Waals surface area contributed by atoms with Gasteiger partial charge in [0, 0.05) is 18.7 Å². The number of aromatic amines is 1. The minimum atomic E-state index is -4.76. The van der Waals surface area contributed by atoms with Gasteiger partial charge in [0.25, 0.3) is 5.56 Å². The quantitative estimate of drug-likeness (QED) is 0.558. The van der Waals surface area contributed by atoms with E-state index in [1.807, 2.05) is 0 Å². The Kier molecular flexibility index (Phi) is 4.24. The summed E-state index contributed by atoms with van der Waals surface area (Å²) in [4.78, 5) is 30.5. The molecule has 112 valence electrons. The molecule has 0 bridgehead atoms. The molecule has 8 nitrogen and oxygen atoms in total. The lowest BCUT2D eigenvalue weighted by molar-refractivity contribution is -0.174. The molecule has 1 aliphatic heterocycles. The topological polar surface area (TPSA) is 114 Å². The summed E-state index contributed by atoms with van der Waals surface area (Å²) < 4.78 is 35.4. The van der Waals surface area contributed by atoms with Gasteiger partial charge in [0.1, 0.15) is 12.8 Å². The fourth-order valence-corrected chi connectivity index (χ4v) is 2.48. The zero-order valence-electron chi connectivity index (χ0n) is 10.1. The third kappa shape index (κ3) is 3.81. The van der Waals surface area contributed by atoms with E-state index in [0.717, 1.165) is 0 Å². The van der Waals surface area contributed by atoms with Crippen LogP contribution >= 0.6 is 20.0 Å². The number of hydrogen-bond donors (Lipinski definition) is 3. The highest BCUT2D eigenvalue weighted by Gasteiger charge is 2.43. The molecule has 0 aromatic carbocycles. The first-order valence-corrected chi connectivity index (χ1v) is 7.51. The van der Waals surface area contributed by atoms with Crippen molar-refractivity contribution >= 4 is 20.0 Å². The van der Waals surface area contributed by atoms with E-state index in [1.165, 1.54) is 16.8 Å². The molecule has 2 atom stereocenters. The largest absolute Gasteiger partial charge is 0.469 e. The summed E-state index contributed by atoms with van der Waals surface area (Å²) in [5.41, 5.74) is -0.388. The van der Waals surface area contributed by atoms with Crippen LogP contribution in [-0.2, 0) is 13.8 Å². The molecule has 3 N–H and O–H groups in total. The maximum Gasteiger partial charge on any atom is 0.469 e. The molecular weight excluding hydrogens is 314 g/mol. The van der Waals surface area contributed by atoms with Gasteiger partial charge in [0.15, 0.2) is 4.77 Å². The third-order valence-corrected chi connectivity index (χ3v) is 3.50. The molecule has 1 saturated heterocycles. The van der Waals surface area contributed by atoms with Crippen LogP contribution in [0.15, 0.2) is 17.1 Å². The predicted octanol–water partition coefficient (Wildman–Crippen LogP) is 0.990. The molecule has 0 saturated carbocycles. The lowest BCUT2D eigenvalue weighted by atomic mass is 10.2. The Balaban J connectivity index is 2.10. The maximum atomic E-state index is 14.2. The molecule has 0 unspecified atom stereocenters. The van der Waals surface area contributed by atoms with E-state index in [-0.39, 0.29) is 23.2 Å². The molecule has 0 radical (unpaired) electrons. The third-order valence-electron chi connectivity index (χ3n) is 2.72. The molecular formula is C9H12FN2O6PS. The zero-order chi connectivity index (χ0) is 15.0. The van der Waals surface area contributed by atoms with Gasteiger partial charge < -0.3 is 14.5 Å².